The first-order chi connectivity index (χ1) is 10.2. The van der Waals surface area contributed by atoms with E-state index in [4.69, 9.17) is 0 Å². The van der Waals surface area contributed by atoms with Crippen LogP contribution in [-0.2, 0) is 0 Å². The molecule has 2 aliphatic rings. The molecule has 0 unspecified atom stereocenters. The van der Waals surface area contributed by atoms with Gasteiger partial charge in [0.05, 0.1) is 0 Å². The largest absolute Gasteiger partial charge is 0.244 e. The highest BCUT2D eigenvalue weighted by Gasteiger charge is 2.43. The van der Waals surface area contributed by atoms with Gasteiger partial charge >= 0.3 is 0 Å². The molecule has 2 saturated carbocycles. The van der Waals surface area contributed by atoms with Gasteiger partial charge in [-0.2, -0.15) is 0 Å². The quantitative estimate of drug-likeness (QED) is 0.441. The van der Waals surface area contributed by atoms with E-state index in [9.17, 15) is 0 Å². The van der Waals surface area contributed by atoms with Crippen LogP contribution in [0.5, 0.6) is 0 Å². The second-order valence-corrected chi connectivity index (χ2v) is 7.98. The normalized spacial score (nSPS) is 37.6. The van der Waals surface area contributed by atoms with E-state index in [1.165, 1.54) is 64.2 Å². The van der Waals surface area contributed by atoms with Gasteiger partial charge in [0.25, 0.3) is 0 Å². The van der Waals surface area contributed by atoms with Crippen LogP contribution in [0.4, 0.5) is 4.39 Å². The van der Waals surface area contributed by atoms with Crippen molar-refractivity contribution in [1.82, 2.24) is 0 Å². The Balaban J connectivity index is 1.72. The molecule has 0 atom stereocenters. The molecule has 0 radical (unpaired) electrons. The van der Waals surface area contributed by atoms with Gasteiger partial charge in [-0.3, -0.25) is 0 Å². The van der Waals surface area contributed by atoms with Crippen LogP contribution in [0, 0.1) is 17.8 Å². The molecular formula is C20H37F. The molecule has 0 N–H and O–H groups in total. The second kappa shape index (κ2) is 8.53. The van der Waals surface area contributed by atoms with Crippen LogP contribution in [0.25, 0.3) is 0 Å². The standard InChI is InChI=1S/C20H37F/c1-3-5-6-8-18-13-15-20(21,16-14-18)19-11-9-17(7-4-2)10-12-19/h17-19H,3-16H2,1-2H3. The van der Waals surface area contributed by atoms with Crippen LogP contribution < -0.4 is 0 Å². The molecule has 2 aliphatic carbocycles. The first-order valence-corrected chi connectivity index (χ1v) is 9.86. The van der Waals surface area contributed by atoms with Crippen molar-refractivity contribution >= 4 is 0 Å². The van der Waals surface area contributed by atoms with E-state index >= 15 is 4.39 Å². The van der Waals surface area contributed by atoms with Crippen molar-refractivity contribution in [2.45, 2.75) is 109 Å². The smallest absolute Gasteiger partial charge is 0.113 e. The SMILES string of the molecule is CCCCCC1CCC(F)(C2CCC(CCC)CC2)CC1. The Kier molecular flexibility index (Phi) is 7.02. The molecule has 0 bridgehead atoms. The molecule has 2 fully saturated rings. The number of unbranched alkanes of at least 4 members (excludes halogenated alkanes) is 2. The molecule has 2 rings (SSSR count). The fraction of sp³-hybridized carbons (Fsp3) is 1.00. The van der Waals surface area contributed by atoms with E-state index in [1.54, 1.807) is 0 Å². The molecule has 0 nitrogen and oxygen atoms in total. The van der Waals surface area contributed by atoms with Crippen molar-refractivity contribution in [2.75, 3.05) is 0 Å². The number of alkyl halides is 1. The van der Waals surface area contributed by atoms with Gasteiger partial charge in [0.15, 0.2) is 0 Å². The summed E-state index contributed by atoms with van der Waals surface area (Å²) in [6.45, 7) is 4.55. The summed E-state index contributed by atoms with van der Waals surface area (Å²) in [5, 5.41) is 0. The summed E-state index contributed by atoms with van der Waals surface area (Å²) >= 11 is 0. The maximum Gasteiger partial charge on any atom is 0.113 e. The van der Waals surface area contributed by atoms with E-state index in [0.29, 0.717) is 5.92 Å². The Hall–Kier alpha value is -0.0700. The Morgan fingerprint density at radius 2 is 1.38 bits per heavy atom. The lowest BCUT2D eigenvalue weighted by Gasteiger charge is -2.42. The summed E-state index contributed by atoms with van der Waals surface area (Å²) < 4.78 is 15.3. The highest BCUT2D eigenvalue weighted by molar-refractivity contribution is 4.93. The maximum absolute atomic E-state index is 15.3. The molecule has 0 amide bonds. The minimum absolute atomic E-state index is 0.391. The second-order valence-electron chi connectivity index (χ2n) is 7.98. The summed E-state index contributed by atoms with van der Waals surface area (Å²) in [6, 6.07) is 0. The van der Waals surface area contributed by atoms with Crippen molar-refractivity contribution in [2.24, 2.45) is 17.8 Å². The lowest BCUT2D eigenvalue weighted by Crippen LogP contribution is -2.39. The average molecular weight is 297 g/mol. The van der Waals surface area contributed by atoms with Gasteiger partial charge in [-0.05, 0) is 56.3 Å². The van der Waals surface area contributed by atoms with Crippen LogP contribution in [0.2, 0.25) is 0 Å². The fourth-order valence-corrected chi connectivity index (χ4v) is 4.91. The first kappa shape index (κ1) is 17.3. The lowest BCUT2D eigenvalue weighted by atomic mass is 9.66. The first-order valence-electron chi connectivity index (χ1n) is 9.86. The molecule has 0 aromatic rings. The molecule has 0 saturated heterocycles. The van der Waals surface area contributed by atoms with Gasteiger partial charge in [-0.25, -0.2) is 4.39 Å². The summed E-state index contributed by atoms with van der Waals surface area (Å²) in [6.07, 6.45) is 17.0. The van der Waals surface area contributed by atoms with E-state index in [0.717, 1.165) is 37.5 Å². The van der Waals surface area contributed by atoms with E-state index in [2.05, 4.69) is 13.8 Å². The van der Waals surface area contributed by atoms with Gasteiger partial charge < -0.3 is 0 Å². The Morgan fingerprint density at radius 1 is 0.762 bits per heavy atom. The van der Waals surface area contributed by atoms with E-state index in [-0.39, 0.29) is 0 Å². The Bertz CT molecular complexity index is 270. The topological polar surface area (TPSA) is 0 Å². The number of rotatable bonds is 7. The number of hydrogen-bond donors (Lipinski definition) is 0. The zero-order valence-electron chi connectivity index (χ0n) is 14.5. The third-order valence-electron chi connectivity index (χ3n) is 6.43. The molecule has 0 heterocycles. The van der Waals surface area contributed by atoms with Gasteiger partial charge in [0.2, 0.25) is 0 Å². The lowest BCUT2D eigenvalue weighted by molar-refractivity contribution is -0.00288. The third-order valence-corrected chi connectivity index (χ3v) is 6.43. The molecular weight excluding hydrogens is 259 g/mol. The van der Waals surface area contributed by atoms with Gasteiger partial charge in [0.1, 0.15) is 5.67 Å². The Morgan fingerprint density at radius 3 is 1.95 bits per heavy atom. The highest BCUT2D eigenvalue weighted by atomic mass is 19.1. The average Bonchev–Trinajstić information content (AvgIpc) is 2.51. The summed E-state index contributed by atoms with van der Waals surface area (Å²) in [5.74, 6) is 2.12. The molecule has 0 aromatic heterocycles. The molecule has 0 aromatic carbocycles. The minimum atomic E-state index is -0.793. The third kappa shape index (κ3) is 4.96. The molecule has 0 spiro atoms. The number of halogens is 1. The van der Waals surface area contributed by atoms with Crippen molar-refractivity contribution in [3.8, 4) is 0 Å². The molecule has 0 aliphatic heterocycles. The molecule has 1 heteroatoms. The zero-order valence-corrected chi connectivity index (χ0v) is 14.5. The van der Waals surface area contributed by atoms with Crippen LogP contribution in [0.1, 0.15) is 104 Å². The molecule has 124 valence electrons. The van der Waals surface area contributed by atoms with Crippen molar-refractivity contribution in [3.63, 3.8) is 0 Å². The Labute approximate surface area is 132 Å². The van der Waals surface area contributed by atoms with Crippen LogP contribution in [0.15, 0.2) is 0 Å². The minimum Gasteiger partial charge on any atom is -0.244 e. The highest BCUT2D eigenvalue weighted by Crippen LogP contribution is 2.47. The van der Waals surface area contributed by atoms with E-state index in [1.807, 2.05) is 0 Å². The van der Waals surface area contributed by atoms with Crippen molar-refractivity contribution in [1.29, 1.82) is 0 Å². The van der Waals surface area contributed by atoms with E-state index < -0.39 is 5.67 Å². The maximum atomic E-state index is 15.3. The van der Waals surface area contributed by atoms with Gasteiger partial charge in [-0.1, -0.05) is 65.2 Å². The van der Waals surface area contributed by atoms with Crippen LogP contribution in [-0.4, -0.2) is 5.67 Å². The van der Waals surface area contributed by atoms with Gasteiger partial charge in [0, 0.05) is 0 Å². The van der Waals surface area contributed by atoms with Crippen LogP contribution in [0.3, 0.4) is 0 Å². The monoisotopic (exact) mass is 296 g/mol. The fourth-order valence-electron chi connectivity index (χ4n) is 4.91. The predicted octanol–water partition coefficient (Wildman–Crippen LogP) is 7.07. The molecule has 21 heavy (non-hydrogen) atoms. The van der Waals surface area contributed by atoms with Crippen molar-refractivity contribution in [3.05, 3.63) is 0 Å². The van der Waals surface area contributed by atoms with Crippen molar-refractivity contribution < 1.29 is 4.39 Å². The summed E-state index contributed by atoms with van der Waals surface area (Å²) in [5.41, 5.74) is -0.793. The summed E-state index contributed by atoms with van der Waals surface area (Å²) in [7, 11) is 0. The number of hydrogen-bond acceptors (Lipinski definition) is 0. The summed E-state index contributed by atoms with van der Waals surface area (Å²) in [4.78, 5) is 0. The van der Waals surface area contributed by atoms with Crippen LogP contribution >= 0.6 is 0 Å². The predicted molar refractivity (Wildman–Crippen MR) is 90.3 cm³/mol. The zero-order chi connectivity index (χ0) is 15.1. The van der Waals surface area contributed by atoms with Gasteiger partial charge in [-0.15, -0.1) is 0 Å².